The number of carbonyl (C=O) groups is 2. The first kappa shape index (κ1) is 13.8. The van der Waals surface area contributed by atoms with Gasteiger partial charge in [0.05, 0.1) is 18.6 Å². The van der Waals surface area contributed by atoms with Gasteiger partial charge in [0.2, 0.25) is 0 Å². The Hall–Kier alpha value is -1.30. The molecule has 0 saturated carbocycles. The number of hydrogen-bond acceptors (Lipinski definition) is 3. The van der Waals surface area contributed by atoms with Crippen molar-refractivity contribution in [2.24, 2.45) is 0 Å². The van der Waals surface area contributed by atoms with Crippen LogP contribution in [-0.4, -0.2) is 65.8 Å². The average molecular weight is 244 g/mol. The maximum Gasteiger partial charge on any atom is 0.319 e. The van der Waals surface area contributed by atoms with Crippen molar-refractivity contribution in [2.75, 3.05) is 26.7 Å². The standard InChI is InChI=1S/C11H20N2O4/c1-8-6-13(7-9(2)17-8)11(16)12(3)5-4-10(14)15/h8-9H,4-7H2,1-3H3,(H,14,15)/t8-,9+. The molecule has 17 heavy (non-hydrogen) atoms. The summed E-state index contributed by atoms with van der Waals surface area (Å²) in [5.74, 6) is -0.895. The summed E-state index contributed by atoms with van der Waals surface area (Å²) < 4.78 is 5.54. The van der Waals surface area contributed by atoms with Crippen LogP contribution in [0.5, 0.6) is 0 Å². The van der Waals surface area contributed by atoms with Gasteiger partial charge in [0.1, 0.15) is 0 Å². The zero-order valence-corrected chi connectivity index (χ0v) is 10.5. The molecule has 0 radical (unpaired) electrons. The lowest BCUT2D eigenvalue weighted by molar-refractivity contribution is -0.137. The van der Waals surface area contributed by atoms with Gasteiger partial charge in [0.15, 0.2) is 0 Å². The third-order valence-corrected chi connectivity index (χ3v) is 2.68. The molecule has 0 aliphatic carbocycles. The molecule has 2 amide bonds. The van der Waals surface area contributed by atoms with Gasteiger partial charge in [0, 0.05) is 26.7 Å². The molecule has 1 heterocycles. The smallest absolute Gasteiger partial charge is 0.319 e. The number of urea groups is 1. The highest BCUT2D eigenvalue weighted by Crippen LogP contribution is 2.12. The van der Waals surface area contributed by atoms with Crippen LogP contribution in [0.1, 0.15) is 20.3 Å². The maximum atomic E-state index is 12.0. The van der Waals surface area contributed by atoms with E-state index in [0.29, 0.717) is 13.1 Å². The molecule has 1 N–H and O–H groups in total. The number of carbonyl (C=O) groups excluding carboxylic acids is 1. The second-order valence-electron chi connectivity index (χ2n) is 4.51. The number of hydrogen-bond donors (Lipinski definition) is 1. The van der Waals surface area contributed by atoms with Crippen molar-refractivity contribution in [3.8, 4) is 0 Å². The maximum absolute atomic E-state index is 12.0. The molecule has 98 valence electrons. The lowest BCUT2D eigenvalue weighted by atomic mass is 10.2. The minimum absolute atomic E-state index is 0.0237. The summed E-state index contributed by atoms with van der Waals surface area (Å²) >= 11 is 0. The van der Waals surface area contributed by atoms with Crippen LogP contribution in [0.4, 0.5) is 4.79 Å². The Morgan fingerprint density at radius 2 is 1.88 bits per heavy atom. The van der Waals surface area contributed by atoms with Crippen molar-refractivity contribution in [3.63, 3.8) is 0 Å². The Morgan fingerprint density at radius 3 is 2.35 bits per heavy atom. The fourth-order valence-electron chi connectivity index (χ4n) is 1.93. The lowest BCUT2D eigenvalue weighted by Crippen LogP contribution is -2.52. The van der Waals surface area contributed by atoms with E-state index < -0.39 is 5.97 Å². The summed E-state index contributed by atoms with van der Waals surface area (Å²) in [7, 11) is 1.62. The number of rotatable bonds is 3. The molecule has 0 spiro atoms. The van der Waals surface area contributed by atoms with Crippen LogP contribution in [0, 0.1) is 0 Å². The van der Waals surface area contributed by atoms with Crippen LogP contribution in [-0.2, 0) is 9.53 Å². The first-order valence-corrected chi connectivity index (χ1v) is 5.77. The van der Waals surface area contributed by atoms with E-state index >= 15 is 0 Å². The van der Waals surface area contributed by atoms with E-state index in [1.54, 1.807) is 11.9 Å². The van der Waals surface area contributed by atoms with E-state index in [1.807, 2.05) is 13.8 Å². The van der Waals surface area contributed by atoms with Gasteiger partial charge in [-0.2, -0.15) is 0 Å². The Bertz CT molecular complexity index is 285. The van der Waals surface area contributed by atoms with Gasteiger partial charge < -0.3 is 19.6 Å². The summed E-state index contributed by atoms with van der Waals surface area (Å²) in [6.45, 7) is 5.19. The highest BCUT2D eigenvalue weighted by Gasteiger charge is 2.27. The summed E-state index contributed by atoms with van der Waals surface area (Å²) in [4.78, 5) is 25.6. The highest BCUT2D eigenvalue weighted by atomic mass is 16.5. The van der Waals surface area contributed by atoms with Gasteiger partial charge in [-0.25, -0.2) is 4.79 Å². The second-order valence-corrected chi connectivity index (χ2v) is 4.51. The summed E-state index contributed by atoms with van der Waals surface area (Å²) in [5, 5.41) is 8.57. The van der Waals surface area contributed by atoms with Crippen molar-refractivity contribution in [1.82, 2.24) is 9.80 Å². The molecule has 2 atom stereocenters. The first-order chi connectivity index (χ1) is 7.90. The van der Waals surface area contributed by atoms with E-state index in [-0.39, 0.29) is 31.2 Å². The Morgan fingerprint density at radius 1 is 1.35 bits per heavy atom. The van der Waals surface area contributed by atoms with Gasteiger partial charge in [-0.1, -0.05) is 0 Å². The molecule has 1 aliphatic heterocycles. The second kappa shape index (κ2) is 5.86. The molecule has 1 fully saturated rings. The molecule has 6 nitrogen and oxygen atoms in total. The number of ether oxygens (including phenoxy) is 1. The van der Waals surface area contributed by atoms with E-state index in [4.69, 9.17) is 9.84 Å². The zero-order valence-electron chi connectivity index (χ0n) is 10.5. The molecule has 0 aromatic carbocycles. The van der Waals surface area contributed by atoms with Gasteiger partial charge in [-0.15, -0.1) is 0 Å². The Labute approximate surface area is 101 Å². The molecular weight excluding hydrogens is 224 g/mol. The lowest BCUT2D eigenvalue weighted by Gasteiger charge is -2.37. The molecule has 0 bridgehead atoms. The number of aliphatic carboxylic acids is 1. The SMILES string of the molecule is C[C@@H]1CN(C(=O)N(C)CCC(=O)O)C[C@H](C)O1. The predicted molar refractivity (Wildman–Crippen MR) is 61.9 cm³/mol. The molecular formula is C11H20N2O4. The Balaban J connectivity index is 2.47. The highest BCUT2D eigenvalue weighted by molar-refractivity contribution is 5.75. The van der Waals surface area contributed by atoms with Gasteiger partial charge in [-0.3, -0.25) is 4.79 Å². The summed E-state index contributed by atoms with van der Waals surface area (Å²) in [5.41, 5.74) is 0. The average Bonchev–Trinajstić information content (AvgIpc) is 2.23. The fraction of sp³-hybridized carbons (Fsp3) is 0.818. The van der Waals surface area contributed by atoms with Gasteiger partial charge in [0.25, 0.3) is 0 Å². The largest absolute Gasteiger partial charge is 0.481 e. The van der Waals surface area contributed by atoms with Crippen LogP contribution in [0.3, 0.4) is 0 Å². The summed E-state index contributed by atoms with van der Waals surface area (Å²) in [6, 6.07) is -0.131. The van der Waals surface area contributed by atoms with Crippen LogP contribution in [0.15, 0.2) is 0 Å². The third kappa shape index (κ3) is 4.22. The normalized spacial score (nSPS) is 24.5. The van der Waals surface area contributed by atoms with E-state index in [1.165, 1.54) is 4.90 Å². The summed E-state index contributed by atoms with van der Waals surface area (Å²) in [6.07, 6.45) is 0.0173. The predicted octanol–water partition coefficient (Wildman–Crippen LogP) is 0.622. The number of amides is 2. The van der Waals surface area contributed by atoms with E-state index in [9.17, 15) is 9.59 Å². The van der Waals surface area contributed by atoms with E-state index in [0.717, 1.165) is 0 Å². The topological polar surface area (TPSA) is 70.1 Å². The number of carboxylic acids is 1. The number of carboxylic acid groups (broad SMARTS) is 1. The quantitative estimate of drug-likeness (QED) is 0.790. The van der Waals surface area contributed by atoms with Crippen molar-refractivity contribution in [3.05, 3.63) is 0 Å². The van der Waals surface area contributed by atoms with Gasteiger partial charge in [-0.05, 0) is 13.8 Å². The molecule has 1 saturated heterocycles. The molecule has 0 unspecified atom stereocenters. The van der Waals surface area contributed by atoms with E-state index in [2.05, 4.69) is 0 Å². The van der Waals surface area contributed by atoms with Crippen LogP contribution >= 0.6 is 0 Å². The first-order valence-electron chi connectivity index (χ1n) is 5.77. The van der Waals surface area contributed by atoms with Crippen LogP contribution < -0.4 is 0 Å². The molecule has 6 heteroatoms. The number of nitrogens with zero attached hydrogens (tertiary/aromatic N) is 2. The zero-order chi connectivity index (χ0) is 13.0. The van der Waals surface area contributed by atoms with Crippen LogP contribution in [0.25, 0.3) is 0 Å². The van der Waals surface area contributed by atoms with Gasteiger partial charge >= 0.3 is 12.0 Å². The van der Waals surface area contributed by atoms with Crippen molar-refractivity contribution < 1.29 is 19.4 Å². The molecule has 1 rings (SSSR count). The number of morpholine rings is 1. The minimum Gasteiger partial charge on any atom is -0.481 e. The fourth-order valence-corrected chi connectivity index (χ4v) is 1.93. The minimum atomic E-state index is -0.895. The molecule has 0 aromatic heterocycles. The molecule has 0 aromatic rings. The van der Waals surface area contributed by atoms with Crippen LogP contribution in [0.2, 0.25) is 0 Å². The third-order valence-electron chi connectivity index (χ3n) is 2.68. The van der Waals surface area contributed by atoms with Crippen molar-refractivity contribution >= 4 is 12.0 Å². The monoisotopic (exact) mass is 244 g/mol. The Kier molecular flexibility index (Phi) is 4.74. The van der Waals surface area contributed by atoms with Crippen molar-refractivity contribution in [2.45, 2.75) is 32.5 Å². The van der Waals surface area contributed by atoms with Crippen molar-refractivity contribution in [1.29, 1.82) is 0 Å². The molecule has 1 aliphatic rings.